The van der Waals surface area contributed by atoms with Crippen molar-refractivity contribution in [2.75, 3.05) is 5.32 Å². The van der Waals surface area contributed by atoms with Crippen molar-refractivity contribution in [3.63, 3.8) is 0 Å². The van der Waals surface area contributed by atoms with Gasteiger partial charge in [-0.15, -0.1) is 0 Å². The zero-order chi connectivity index (χ0) is 24.6. The normalized spacial score (nSPS) is 13.6. The highest BCUT2D eigenvalue weighted by Gasteiger charge is 2.30. The molecule has 1 aliphatic rings. The van der Waals surface area contributed by atoms with Gasteiger partial charge in [0.05, 0.1) is 6.20 Å². The third kappa shape index (κ3) is 4.95. The molecule has 0 spiro atoms. The summed E-state index contributed by atoms with van der Waals surface area (Å²) in [6.45, 7) is 7.20. The second kappa shape index (κ2) is 8.92. The average molecular weight is 469 g/mol. The Morgan fingerprint density at radius 2 is 1.91 bits per heavy atom. The number of hydrogen-bond acceptors (Lipinski definition) is 6. The number of rotatable bonds is 6. The minimum absolute atomic E-state index is 0.0150. The Bertz CT molecular complexity index is 1260. The fraction of sp³-hybridized carbons (Fsp3) is 0.375. The summed E-state index contributed by atoms with van der Waals surface area (Å²) >= 11 is 0. The molecule has 0 saturated heterocycles. The van der Waals surface area contributed by atoms with Crippen LogP contribution in [0.5, 0.6) is 0 Å². The first kappa shape index (κ1) is 23.5. The monoisotopic (exact) mass is 469 g/mol. The zero-order valence-electron chi connectivity index (χ0n) is 19.3. The molecule has 2 amide bonds. The van der Waals surface area contributed by atoms with Gasteiger partial charge in [0, 0.05) is 29.0 Å². The van der Waals surface area contributed by atoms with Crippen molar-refractivity contribution >= 4 is 17.6 Å². The van der Waals surface area contributed by atoms with Gasteiger partial charge in [-0.1, -0.05) is 38.1 Å². The zero-order valence-corrected chi connectivity index (χ0v) is 19.3. The Hall–Kier alpha value is -3.69. The van der Waals surface area contributed by atoms with Crippen LogP contribution in [0.2, 0.25) is 0 Å². The fourth-order valence-corrected chi connectivity index (χ4v) is 3.29. The van der Waals surface area contributed by atoms with Gasteiger partial charge in [-0.2, -0.15) is 4.98 Å². The number of anilines is 1. The third-order valence-corrected chi connectivity index (χ3v) is 5.55. The predicted molar refractivity (Wildman–Crippen MR) is 120 cm³/mol. The highest BCUT2D eigenvalue weighted by molar-refractivity contribution is 5.93. The lowest BCUT2D eigenvalue weighted by Gasteiger charge is -2.13. The Kier molecular flexibility index (Phi) is 6.16. The molecule has 178 valence electrons. The topological polar surface area (TPSA) is 110 Å². The summed E-state index contributed by atoms with van der Waals surface area (Å²) in [5.41, 5.74) is 0.372. The van der Waals surface area contributed by atoms with E-state index in [-0.39, 0.29) is 46.7 Å². The maximum absolute atomic E-state index is 15.2. The third-order valence-electron chi connectivity index (χ3n) is 5.55. The van der Waals surface area contributed by atoms with Crippen LogP contribution in [0, 0.1) is 24.5 Å². The maximum Gasteiger partial charge on any atom is 0.292 e. The Labute approximate surface area is 195 Å². The molecular formula is C24H25F2N5O3. The van der Waals surface area contributed by atoms with Crippen molar-refractivity contribution in [2.24, 2.45) is 5.92 Å². The number of pyridine rings is 1. The minimum atomic E-state index is -0.712. The molecule has 10 heteroatoms. The molecule has 0 unspecified atom stereocenters. The minimum Gasteiger partial charge on any atom is -0.345 e. The van der Waals surface area contributed by atoms with Crippen molar-refractivity contribution in [1.82, 2.24) is 20.4 Å². The summed E-state index contributed by atoms with van der Waals surface area (Å²) in [5, 5.41) is 8.98. The van der Waals surface area contributed by atoms with Crippen molar-refractivity contribution in [3.8, 4) is 11.1 Å². The van der Waals surface area contributed by atoms with Crippen LogP contribution in [0.1, 0.15) is 61.2 Å². The molecule has 2 N–H and O–H groups in total. The number of nitrogens with zero attached hydrogens (tertiary/aromatic N) is 3. The fourth-order valence-electron chi connectivity index (χ4n) is 3.29. The molecule has 1 fully saturated rings. The van der Waals surface area contributed by atoms with Crippen LogP contribution in [-0.2, 0) is 16.8 Å². The number of halogens is 2. The van der Waals surface area contributed by atoms with Gasteiger partial charge in [0.1, 0.15) is 17.5 Å². The van der Waals surface area contributed by atoms with Crippen molar-refractivity contribution in [2.45, 2.75) is 52.5 Å². The van der Waals surface area contributed by atoms with E-state index in [4.69, 9.17) is 4.52 Å². The Balaban J connectivity index is 1.50. The standard InChI is InChI=1S/C24H25F2N5O3/c1-12-14(10-28-22(33)20-30-23(34-31-20)24(2,3)4)7-8-15(19(12)26)16-9-18(27-11-17(16)25)29-21(32)13-5-6-13/h7-9,11,13H,5-6,10H2,1-4H3,(H,28,33)(H,27,29,32). The first-order valence-electron chi connectivity index (χ1n) is 10.9. The summed E-state index contributed by atoms with van der Waals surface area (Å²) in [4.78, 5) is 32.4. The van der Waals surface area contributed by atoms with Gasteiger partial charge >= 0.3 is 0 Å². The van der Waals surface area contributed by atoms with Crippen LogP contribution in [0.4, 0.5) is 14.6 Å². The molecule has 4 rings (SSSR count). The molecule has 2 heterocycles. The quantitative estimate of drug-likeness (QED) is 0.557. The SMILES string of the molecule is Cc1c(CNC(=O)c2noc(C(C)(C)C)n2)ccc(-c2cc(NC(=O)C3CC3)ncc2F)c1F. The van der Waals surface area contributed by atoms with Crippen molar-refractivity contribution in [3.05, 3.63) is 58.9 Å². The number of carbonyl (C=O) groups is 2. The van der Waals surface area contributed by atoms with E-state index < -0.39 is 23.0 Å². The number of hydrogen-bond donors (Lipinski definition) is 2. The number of nitrogens with one attached hydrogen (secondary N) is 2. The highest BCUT2D eigenvalue weighted by atomic mass is 19.1. The number of amides is 2. The van der Waals surface area contributed by atoms with E-state index in [2.05, 4.69) is 25.8 Å². The summed E-state index contributed by atoms with van der Waals surface area (Å²) in [6, 6.07) is 4.35. The molecule has 0 aliphatic heterocycles. The van der Waals surface area contributed by atoms with Gasteiger partial charge in [-0.05, 0) is 37.0 Å². The molecule has 8 nitrogen and oxygen atoms in total. The number of aromatic nitrogens is 3. The van der Waals surface area contributed by atoms with E-state index in [1.54, 1.807) is 13.0 Å². The first-order chi connectivity index (χ1) is 16.0. The molecule has 34 heavy (non-hydrogen) atoms. The maximum atomic E-state index is 15.2. The van der Waals surface area contributed by atoms with E-state index in [9.17, 15) is 14.0 Å². The predicted octanol–water partition coefficient (Wildman–Crippen LogP) is 4.29. The molecule has 3 aromatic rings. The van der Waals surface area contributed by atoms with Crippen LogP contribution in [0.3, 0.4) is 0 Å². The smallest absolute Gasteiger partial charge is 0.292 e. The number of carbonyl (C=O) groups excluding carboxylic acids is 2. The van der Waals surface area contributed by atoms with E-state index in [0.29, 0.717) is 11.5 Å². The van der Waals surface area contributed by atoms with E-state index in [1.807, 2.05) is 20.8 Å². The van der Waals surface area contributed by atoms with Crippen LogP contribution in [0.15, 0.2) is 28.9 Å². The first-order valence-corrected chi connectivity index (χ1v) is 10.9. The Morgan fingerprint density at radius 1 is 1.18 bits per heavy atom. The molecule has 0 radical (unpaired) electrons. The lowest BCUT2D eigenvalue weighted by molar-refractivity contribution is -0.117. The van der Waals surface area contributed by atoms with Gasteiger partial charge in [-0.3, -0.25) is 9.59 Å². The Morgan fingerprint density at radius 3 is 2.56 bits per heavy atom. The van der Waals surface area contributed by atoms with E-state index in [1.165, 1.54) is 12.1 Å². The average Bonchev–Trinajstić information content (AvgIpc) is 3.51. The van der Waals surface area contributed by atoms with Gasteiger partial charge in [0.25, 0.3) is 11.7 Å². The highest BCUT2D eigenvalue weighted by Crippen LogP contribution is 2.32. The van der Waals surface area contributed by atoms with Crippen LogP contribution < -0.4 is 10.6 Å². The molecule has 1 aliphatic carbocycles. The molecule has 0 atom stereocenters. The molecule has 2 aromatic heterocycles. The molecule has 1 saturated carbocycles. The largest absolute Gasteiger partial charge is 0.345 e. The summed E-state index contributed by atoms with van der Waals surface area (Å²) in [7, 11) is 0. The molecule has 1 aromatic carbocycles. The molecular weight excluding hydrogens is 444 g/mol. The summed E-state index contributed by atoms with van der Waals surface area (Å²) < 4.78 is 34.8. The van der Waals surface area contributed by atoms with Gasteiger partial charge in [0.15, 0.2) is 0 Å². The van der Waals surface area contributed by atoms with Crippen LogP contribution >= 0.6 is 0 Å². The van der Waals surface area contributed by atoms with Crippen molar-refractivity contribution in [1.29, 1.82) is 0 Å². The van der Waals surface area contributed by atoms with Crippen LogP contribution in [0.25, 0.3) is 11.1 Å². The van der Waals surface area contributed by atoms with E-state index >= 15 is 4.39 Å². The molecule has 0 bridgehead atoms. The van der Waals surface area contributed by atoms with Gasteiger partial charge in [-0.25, -0.2) is 13.8 Å². The van der Waals surface area contributed by atoms with Gasteiger partial charge in [0.2, 0.25) is 11.8 Å². The second-order valence-electron chi connectivity index (χ2n) is 9.38. The second-order valence-corrected chi connectivity index (χ2v) is 9.38. The lowest BCUT2D eigenvalue weighted by Crippen LogP contribution is -2.25. The van der Waals surface area contributed by atoms with Crippen molar-refractivity contribution < 1.29 is 22.9 Å². The summed E-state index contributed by atoms with van der Waals surface area (Å²) in [6.07, 6.45) is 2.59. The van der Waals surface area contributed by atoms with Gasteiger partial charge < -0.3 is 15.2 Å². The van der Waals surface area contributed by atoms with E-state index in [0.717, 1.165) is 19.0 Å². The number of benzene rings is 1. The van der Waals surface area contributed by atoms with Crippen LogP contribution in [-0.4, -0.2) is 26.9 Å². The lowest BCUT2D eigenvalue weighted by atomic mass is 9.97. The summed E-state index contributed by atoms with van der Waals surface area (Å²) in [5.74, 6) is -1.74.